The van der Waals surface area contributed by atoms with Gasteiger partial charge in [0, 0.05) is 50.4 Å². The zero-order valence-corrected chi connectivity index (χ0v) is 17.7. The average molecular weight is 422 g/mol. The van der Waals surface area contributed by atoms with Gasteiger partial charge >= 0.3 is 0 Å². The Kier molecular flexibility index (Phi) is 7.91. The maximum absolute atomic E-state index is 12.2. The third kappa shape index (κ3) is 6.73. The van der Waals surface area contributed by atoms with Gasteiger partial charge in [0.05, 0.1) is 11.9 Å². The molecule has 8 nitrogen and oxygen atoms in total. The van der Waals surface area contributed by atoms with Crippen LogP contribution >= 0.6 is 0 Å². The number of H-pyrrole nitrogens is 1. The zero-order valence-electron chi connectivity index (χ0n) is 16.9. The summed E-state index contributed by atoms with van der Waals surface area (Å²) in [7, 11) is -1.67. The van der Waals surface area contributed by atoms with Crippen LogP contribution in [0.4, 0.5) is 0 Å². The number of sulfonamides is 1. The largest absolute Gasteiger partial charge is 0.377 e. The normalized spacial score (nSPS) is 18.1. The van der Waals surface area contributed by atoms with Crippen molar-refractivity contribution in [2.24, 2.45) is 4.99 Å². The molecule has 1 aromatic heterocycles. The second-order valence-corrected chi connectivity index (χ2v) is 9.12. The number of guanidine groups is 1. The smallest absolute Gasteiger partial charge is 0.213 e. The summed E-state index contributed by atoms with van der Waals surface area (Å²) in [5.41, 5.74) is 2.36. The topological polar surface area (TPSA) is 108 Å². The highest BCUT2D eigenvalue weighted by atomic mass is 32.2. The SMILES string of the molecule is CN=C(NCCc1c[nH]c2ccccc12)NCCS(=O)(=O)NCC1CCCCO1. The summed E-state index contributed by atoms with van der Waals surface area (Å²) in [4.78, 5) is 7.43. The number of benzene rings is 1. The van der Waals surface area contributed by atoms with E-state index in [2.05, 4.69) is 37.5 Å². The molecule has 0 spiro atoms. The van der Waals surface area contributed by atoms with E-state index in [4.69, 9.17) is 4.74 Å². The second kappa shape index (κ2) is 10.6. The van der Waals surface area contributed by atoms with Gasteiger partial charge in [0.25, 0.3) is 0 Å². The number of fused-ring (bicyclic) bond motifs is 1. The van der Waals surface area contributed by atoms with Gasteiger partial charge in [-0.25, -0.2) is 13.1 Å². The Morgan fingerprint density at radius 2 is 2.07 bits per heavy atom. The van der Waals surface area contributed by atoms with E-state index >= 15 is 0 Å². The van der Waals surface area contributed by atoms with E-state index in [0.717, 1.165) is 31.2 Å². The molecule has 1 saturated heterocycles. The lowest BCUT2D eigenvalue weighted by molar-refractivity contribution is 0.0200. The molecule has 0 radical (unpaired) electrons. The molecule has 160 valence electrons. The van der Waals surface area contributed by atoms with Gasteiger partial charge in [0.15, 0.2) is 5.96 Å². The van der Waals surface area contributed by atoms with E-state index in [9.17, 15) is 8.42 Å². The number of aliphatic imine (C=N–C) groups is 1. The number of hydrogen-bond acceptors (Lipinski definition) is 4. The van der Waals surface area contributed by atoms with Crippen molar-refractivity contribution >= 4 is 26.9 Å². The standard InChI is InChI=1S/C20H31N5O3S/c1-21-20(22-10-9-16-14-24-19-8-3-2-7-18(16)19)23-11-13-29(26,27)25-15-17-6-4-5-12-28-17/h2-3,7-8,14,17,24-25H,4-6,9-13,15H2,1H3,(H2,21,22,23). The number of rotatable bonds is 9. The molecule has 0 amide bonds. The number of nitrogens with one attached hydrogen (secondary N) is 4. The second-order valence-electron chi connectivity index (χ2n) is 7.19. The number of hydrogen-bond donors (Lipinski definition) is 4. The van der Waals surface area contributed by atoms with Crippen LogP contribution in [0.15, 0.2) is 35.5 Å². The molecule has 1 atom stereocenters. The van der Waals surface area contributed by atoms with Gasteiger partial charge in [0.1, 0.15) is 0 Å². The van der Waals surface area contributed by atoms with E-state index in [1.807, 2.05) is 18.3 Å². The Balaban J connectivity index is 1.36. The first-order valence-electron chi connectivity index (χ1n) is 10.2. The van der Waals surface area contributed by atoms with Crippen LogP contribution in [-0.2, 0) is 21.2 Å². The van der Waals surface area contributed by atoms with Crippen LogP contribution in [-0.4, -0.2) is 64.5 Å². The van der Waals surface area contributed by atoms with Gasteiger partial charge in [0.2, 0.25) is 10.0 Å². The van der Waals surface area contributed by atoms with Gasteiger partial charge in [-0.15, -0.1) is 0 Å². The maximum Gasteiger partial charge on any atom is 0.213 e. The molecular formula is C20H31N5O3S. The number of aromatic amines is 1. The number of aromatic nitrogens is 1. The van der Waals surface area contributed by atoms with E-state index < -0.39 is 10.0 Å². The molecular weight excluding hydrogens is 390 g/mol. The predicted octanol–water partition coefficient (Wildman–Crippen LogP) is 1.36. The number of ether oxygens (including phenoxy) is 1. The molecule has 2 heterocycles. The fraction of sp³-hybridized carbons (Fsp3) is 0.550. The predicted molar refractivity (Wildman–Crippen MR) is 117 cm³/mol. The van der Waals surface area contributed by atoms with Gasteiger partial charge in [-0.1, -0.05) is 18.2 Å². The maximum atomic E-state index is 12.2. The Hall–Kier alpha value is -2.10. The molecule has 3 rings (SSSR count). The van der Waals surface area contributed by atoms with E-state index in [1.54, 1.807) is 7.05 Å². The van der Waals surface area contributed by atoms with E-state index in [-0.39, 0.29) is 18.4 Å². The van der Waals surface area contributed by atoms with Crippen molar-refractivity contribution in [1.82, 2.24) is 20.3 Å². The molecule has 0 aliphatic carbocycles. The van der Waals surface area contributed by atoms with Crippen LogP contribution < -0.4 is 15.4 Å². The fourth-order valence-electron chi connectivity index (χ4n) is 3.44. The number of para-hydroxylation sites is 1. The Bertz CT molecular complexity index is 904. The minimum absolute atomic E-state index is 0.00886. The van der Waals surface area contributed by atoms with Crippen molar-refractivity contribution in [3.63, 3.8) is 0 Å². The number of nitrogens with zero attached hydrogens (tertiary/aromatic N) is 1. The lowest BCUT2D eigenvalue weighted by Gasteiger charge is -2.22. The van der Waals surface area contributed by atoms with Crippen molar-refractivity contribution in [2.45, 2.75) is 31.8 Å². The minimum Gasteiger partial charge on any atom is -0.377 e. The molecule has 1 aliphatic heterocycles. The Morgan fingerprint density at radius 3 is 2.86 bits per heavy atom. The van der Waals surface area contributed by atoms with Crippen LogP contribution in [0, 0.1) is 0 Å². The third-order valence-electron chi connectivity index (χ3n) is 5.05. The highest BCUT2D eigenvalue weighted by molar-refractivity contribution is 7.89. The first kappa shape index (κ1) is 21.6. The molecule has 2 aromatic rings. The summed E-state index contributed by atoms with van der Waals surface area (Å²) >= 11 is 0. The summed E-state index contributed by atoms with van der Waals surface area (Å²) in [5.74, 6) is 0.582. The molecule has 4 N–H and O–H groups in total. The molecule has 29 heavy (non-hydrogen) atoms. The molecule has 0 bridgehead atoms. The van der Waals surface area contributed by atoms with Crippen molar-refractivity contribution in [2.75, 3.05) is 39.0 Å². The summed E-state index contributed by atoms with van der Waals surface area (Å²) in [5, 5.41) is 7.51. The van der Waals surface area contributed by atoms with Crippen molar-refractivity contribution in [3.8, 4) is 0 Å². The fourth-order valence-corrected chi connectivity index (χ4v) is 4.39. The summed E-state index contributed by atoms with van der Waals surface area (Å²) in [6.07, 6.45) is 5.91. The first-order valence-corrected chi connectivity index (χ1v) is 11.8. The quantitative estimate of drug-likeness (QED) is 0.361. The highest BCUT2D eigenvalue weighted by Gasteiger charge is 2.17. The van der Waals surface area contributed by atoms with E-state index in [0.29, 0.717) is 25.7 Å². The molecule has 1 unspecified atom stereocenters. The first-order chi connectivity index (χ1) is 14.1. The molecule has 0 saturated carbocycles. The molecule has 1 aliphatic rings. The van der Waals surface area contributed by atoms with Crippen molar-refractivity contribution in [3.05, 3.63) is 36.0 Å². The van der Waals surface area contributed by atoms with E-state index in [1.165, 1.54) is 10.9 Å². The van der Waals surface area contributed by atoms with Crippen LogP contribution in [0.5, 0.6) is 0 Å². The Morgan fingerprint density at radius 1 is 1.24 bits per heavy atom. The van der Waals surface area contributed by atoms with Gasteiger partial charge in [-0.05, 0) is 37.3 Å². The monoisotopic (exact) mass is 421 g/mol. The van der Waals surface area contributed by atoms with Gasteiger partial charge in [-0.3, -0.25) is 4.99 Å². The summed E-state index contributed by atoms with van der Waals surface area (Å²) < 4.78 is 32.5. The zero-order chi connectivity index (χ0) is 20.5. The molecule has 9 heteroatoms. The van der Waals surface area contributed by atoms with Gasteiger partial charge in [-0.2, -0.15) is 0 Å². The average Bonchev–Trinajstić information content (AvgIpc) is 3.15. The van der Waals surface area contributed by atoms with Crippen LogP contribution in [0.1, 0.15) is 24.8 Å². The summed E-state index contributed by atoms with van der Waals surface area (Å²) in [6.45, 7) is 2.05. The van der Waals surface area contributed by atoms with Crippen LogP contribution in [0.2, 0.25) is 0 Å². The third-order valence-corrected chi connectivity index (χ3v) is 6.40. The lowest BCUT2D eigenvalue weighted by atomic mass is 10.1. The van der Waals surface area contributed by atoms with Crippen LogP contribution in [0.25, 0.3) is 10.9 Å². The highest BCUT2D eigenvalue weighted by Crippen LogP contribution is 2.17. The van der Waals surface area contributed by atoms with Crippen molar-refractivity contribution in [1.29, 1.82) is 0 Å². The summed E-state index contributed by atoms with van der Waals surface area (Å²) in [6, 6.07) is 8.20. The molecule has 1 fully saturated rings. The lowest BCUT2D eigenvalue weighted by Crippen LogP contribution is -2.43. The van der Waals surface area contributed by atoms with Crippen LogP contribution in [0.3, 0.4) is 0 Å². The Labute approximate surface area is 172 Å². The van der Waals surface area contributed by atoms with Gasteiger partial charge < -0.3 is 20.4 Å². The van der Waals surface area contributed by atoms with Crippen molar-refractivity contribution < 1.29 is 13.2 Å². The minimum atomic E-state index is -3.34. The molecule has 1 aromatic carbocycles.